The summed E-state index contributed by atoms with van der Waals surface area (Å²) in [6.45, 7) is 2.54. The highest BCUT2D eigenvalue weighted by Gasteiger charge is 2.37. The molecule has 6 nitrogen and oxygen atoms in total. The van der Waals surface area contributed by atoms with Crippen LogP contribution < -0.4 is 5.73 Å². The summed E-state index contributed by atoms with van der Waals surface area (Å²) in [5, 5.41) is 0. The third-order valence-corrected chi connectivity index (χ3v) is 4.23. The van der Waals surface area contributed by atoms with Crippen molar-refractivity contribution in [2.75, 3.05) is 19.7 Å². The van der Waals surface area contributed by atoms with Gasteiger partial charge >= 0.3 is 0 Å². The fraction of sp³-hybridized carbons (Fsp3) is 0.714. The molecule has 2 N–H and O–H groups in total. The second-order valence-corrected chi connectivity index (χ2v) is 5.55. The monoisotopic (exact) mass is 278 g/mol. The number of hydrogen-bond donors (Lipinski definition) is 1. The van der Waals surface area contributed by atoms with E-state index in [1.165, 1.54) is 12.8 Å². The van der Waals surface area contributed by atoms with Crippen molar-refractivity contribution in [3.8, 4) is 0 Å². The number of rotatable bonds is 3. The molecule has 1 aromatic rings. The molecule has 2 aliphatic rings. The number of hydrogen-bond acceptors (Lipinski definition) is 4. The molecule has 110 valence electrons. The van der Waals surface area contributed by atoms with E-state index >= 15 is 0 Å². The Bertz CT molecular complexity index is 471. The zero-order valence-electron chi connectivity index (χ0n) is 11.7. The minimum atomic E-state index is 0.0287. The van der Waals surface area contributed by atoms with Gasteiger partial charge in [-0.3, -0.25) is 4.79 Å². The van der Waals surface area contributed by atoms with E-state index in [1.807, 2.05) is 9.47 Å². The van der Waals surface area contributed by atoms with Gasteiger partial charge in [0.05, 0.1) is 25.1 Å². The molecule has 1 saturated heterocycles. The van der Waals surface area contributed by atoms with Gasteiger partial charge in [-0.05, 0) is 12.8 Å². The van der Waals surface area contributed by atoms with Crippen LogP contribution in [0.4, 0.5) is 0 Å². The maximum absolute atomic E-state index is 12.6. The predicted molar refractivity (Wildman–Crippen MR) is 74.3 cm³/mol. The lowest BCUT2D eigenvalue weighted by Gasteiger charge is -2.43. The number of nitrogens with zero attached hydrogens (tertiary/aromatic N) is 3. The van der Waals surface area contributed by atoms with E-state index in [2.05, 4.69) is 4.98 Å². The molecule has 0 spiro atoms. The minimum Gasteiger partial charge on any atom is -0.374 e. The molecule has 0 bridgehead atoms. The topological polar surface area (TPSA) is 73.4 Å². The summed E-state index contributed by atoms with van der Waals surface area (Å²) in [5.41, 5.74) is 6.03. The number of carbonyl (C=O) groups is 1. The van der Waals surface area contributed by atoms with Crippen molar-refractivity contribution >= 4 is 5.91 Å². The van der Waals surface area contributed by atoms with Crippen molar-refractivity contribution in [2.45, 2.75) is 44.4 Å². The number of amides is 1. The molecule has 0 aromatic carbocycles. The first kappa shape index (κ1) is 13.6. The van der Waals surface area contributed by atoms with Crippen LogP contribution in [-0.4, -0.2) is 52.2 Å². The Morgan fingerprint density at radius 1 is 1.45 bits per heavy atom. The Kier molecular flexibility index (Phi) is 4.03. The normalized spacial score (nSPS) is 26.4. The van der Waals surface area contributed by atoms with Crippen molar-refractivity contribution in [2.24, 2.45) is 5.73 Å². The molecule has 0 radical (unpaired) electrons. The van der Waals surface area contributed by atoms with Crippen molar-refractivity contribution in [1.82, 2.24) is 14.5 Å². The van der Waals surface area contributed by atoms with Gasteiger partial charge < -0.3 is 19.9 Å². The number of fused-ring (bicyclic) bond motifs is 1. The van der Waals surface area contributed by atoms with Gasteiger partial charge in [-0.15, -0.1) is 0 Å². The standard InChI is InChI=1S/C14H22N4O2/c15-5-6-17-9-11(16-10-17)14(19)18-7-8-20-13-4-2-1-3-12(13)18/h9-10,12-13H,1-8,15H2. The van der Waals surface area contributed by atoms with Crippen LogP contribution in [0.3, 0.4) is 0 Å². The zero-order valence-corrected chi connectivity index (χ0v) is 11.7. The zero-order chi connectivity index (χ0) is 13.9. The Morgan fingerprint density at radius 3 is 3.15 bits per heavy atom. The molecule has 2 heterocycles. The Hall–Kier alpha value is -1.40. The first-order valence-corrected chi connectivity index (χ1v) is 7.44. The number of carbonyl (C=O) groups excluding carboxylic acids is 1. The minimum absolute atomic E-state index is 0.0287. The highest BCUT2D eigenvalue weighted by atomic mass is 16.5. The van der Waals surface area contributed by atoms with Gasteiger partial charge in [-0.1, -0.05) is 12.8 Å². The number of imidazole rings is 1. The van der Waals surface area contributed by atoms with Gasteiger partial charge in [-0.2, -0.15) is 0 Å². The fourth-order valence-corrected chi connectivity index (χ4v) is 3.24. The molecule has 2 unspecified atom stereocenters. The molecule has 1 aliphatic heterocycles. The number of morpholine rings is 1. The quantitative estimate of drug-likeness (QED) is 0.880. The van der Waals surface area contributed by atoms with Crippen LogP contribution in [0.25, 0.3) is 0 Å². The first-order valence-electron chi connectivity index (χ1n) is 7.44. The summed E-state index contributed by atoms with van der Waals surface area (Å²) >= 11 is 0. The maximum Gasteiger partial charge on any atom is 0.274 e. The smallest absolute Gasteiger partial charge is 0.274 e. The summed E-state index contributed by atoms with van der Waals surface area (Å²) < 4.78 is 7.67. The first-order chi connectivity index (χ1) is 9.79. The average molecular weight is 278 g/mol. The fourth-order valence-electron chi connectivity index (χ4n) is 3.24. The molecule has 1 saturated carbocycles. The third-order valence-electron chi connectivity index (χ3n) is 4.23. The summed E-state index contributed by atoms with van der Waals surface area (Å²) in [4.78, 5) is 18.8. The Labute approximate surface area is 118 Å². The van der Waals surface area contributed by atoms with E-state index in [1.54, 1.807) is 12.5 Å². The van der Waals surface area contributed by atoms with E-state index in [0.29, 0.717) is 31.9 Å². The van der Waals surface area contributed by atoms with Crippen LogP contribution in [0, 0.1) is 0 Å². The molecule has 20 heavy (non-hydrogen) atoms. The maximum atomic E-state index is 12.6. The van der Waals surface area contributed by atoms with Crippen LogP contribution in [0.2, 0.25) is 0 Å². The lowest BCUT2D eigenvalue weighted by molar-refractivity contribution is -0.0754. The summed E-state index contributed by atoms with van der Waals surface area (Å²) in [6, 6.07) is 0.227. The van der Waals surface area contributed by atoms with Crippen molar-refractivity contribution in [1.29, 1.82) is 0 Å². The van der Waals surface area contributed by atoms with Crippen LogP contribution in [0.1, 0.15) is 36.2 Å². The predicted octanol–water partition coefficient (Wildman–Crippen LogP) is 0.625. The van der Waals surface area contributed by atoms with Gasteiger partial charge in [0.25, 0.3) is 5.91 Å². The van der Waals surface area contributed by atoms with Crippen LogP contribution in [-0.2, 0) is 11.3 Å². The second-order valence-electron chi connectivity index (χ2n) is 5.55. The molecular weight excluding hydrogens is 256 g/mol. The number of ether oxygens (including phenoxy) is 1. The third kappa shape index (κ3) is 2.58. The van der Waals surface area contributed by atoms with E-state index in [-0.39, 0.29) is 18.1 Å². The Morgan fingerprint density at radius 2 is 2.30 bits per heavy atom. The van der Waals surface area contributed by atoms with Gasteiger partial charge in [0.2, 0.25) is 0 Å². The largest absolute Gasteiger partial charge is 0.374 e. The van der Waals surface area contributed by atoms with Gasteiger partial charge in [0.1, 0.15) is 5.69 Å². The molecule has 3 rings (SSSR count). The SMILES string of the molecule is NCCn1cnc(C(=O)N2CCOC3CCCCC32)c1. The number of aromatic nitrogens is 2. The van der Waals surface area contributed by atoms with E-state index in [9.17, 15) is 4.79 Å². The van der Waals surface area contributed by atoms with E-state index in [4.69, 9.17) is 10.5 Å². The summed E-state index contributed by atoms with van der Waals surface area (Å²) in [7, 11) is 0. The number of nitrogens with two attached hydrogens (primary N) is 1. The molecular formula is C14H22N4O2. The summed E-state index contributed by atoms with van der Waals surface area (Å²) in [5.74, 6) is 0.0287. The van der Waals surface area contributed by atoms with Crippen LogP contribution >= 0.6 is 0 Å². The van der Waals surface area contributed by atoms with Crippen molar-refractivity contribution in [3.05, 3.63) is 18.2 Å². The highest BCUT2D eigenvalue weighted by Crippen LogP contribution is 2.29. The molecule has 1 aromatic heterocycles. The van der Waals surface area contributed by atoms with Crippen LogP contribution in [0.5, 0.6) is 0 Å². The molecule has 2 fully saturated rings. The molecule has 1 amide bonds. The molecule has 6 heteroatoms. The lowest BCUT2D eigenvalue weighted by atomic mass is 9.90. The van der Waals surface area contributed by atoms with E-state index in [0.717, 1.165) is 12.8 Å². The van der Waals surface area contributed by atoms with Gasteiger partial charge in [0.15, 0.2) is 0 Å². The second kappa shape index (κ2) is 5.93. The van der Waals surface area contributed by atoms with Gasteiger partial charge in [-0.25, -0.2) is 4.98 Å². The average Bonchev–Trinajstić information content (AvgIpc) is 2.95. The molecule has 1 aliphatic carbocycles. The molecule has 2 atom stereocenters. The lowest BCUT2D eigenvalue weighted by Crippen LogP contribution is -2.54. The van der Waals surface area contributed by atoms with E-state index < -0.39 is 0 Å². The highest BCUT2D eigenvalue weighted by molar-refractivity contribution is 5.92. The van der Waals surface area contributed by atoms with Crippen molar-refractivity contribution in [3.63, 3.8) is 0 Å². The van der Waals surface area contributed by atoms with Gasteiger partial charge in [0, 0.05) is 25.8 Å². The van der Waals surface area contributed by atoms with Crippen LogP contribution in [0.15, 0.2) is 12.5 Å². The van der Waals surface area contributed by atoms with Crippen molar-refractivity contribution < 1.29 is 9.53 Å². The summed E-state index contributed by atoms with van der Waals surface area (Å²) in [6.07, 6.45) is 8.18. The Balaban J connectivity index is 1.74.